The minimum Gasteiger partial charge on any atom is -0.389 e. The SMILES string of the molecule is NC(=S)c1cc(Cl)ccc1NCc1ccc(Br)s1. The minimum atomic E-state index is 0.340. The van der Waals surface area contributed by atoms with Gasteiger partial charge in [-0.3, -0.25) is 0 Å². The van der Waals surface area contributed by atoms with Gasteiger partial charge in [-0.1, -0.05) is 23.8 Å². The topological polar surface area (TPSA) is 38.0 Å². The molecule has 1 aromatic heterocycles. The Labute approximate surface area is 128 Å². The van der Waals surface area contributed by atoms with Crippen molar-refractivity contribution in [1.29, 1.82) is 0 Å². The molecule has 0 aliphatic carbocycles. The zero-order valence-corrected chi connectivity index (χ0v) is 13.2. The summed E-state index contributed by atoms with van der Waals surface area (Å²) in [4.78, 5) is 1.57. The molecular formula is C12H10BrClN2S2. The van der Waals surface area contributed by atoms with Crippen molar-refractivity contribution in [2.24, 2.45) is 5.73 Å². The zero-order chi connectivity index (χ0) is 13.1. The number of anilines is 1. The van der Waals surface area contributed by atoms with E-state index in [4.69, 9.17) is 29.6 Å². The molecule has 0 amide bonds. The maximum Gasteiger partial charge on any atom is 0.106 e. The summed E-state index contributed by atoms with van der Waals surface area (Å²) in [6.07, 6.45) is 0. The molecule has 0 fully saturated rings. The van der Waals surface area contributed by atoms with E-state index in [1.54, 1.807) is 17.4 Å². The van der Waals surface area contributed by atoms with Crippen LogP contribution in [0.4, 0.5) is 5.69 Å². The summed E-state index contributed by atoms with van der Waals surface area (Å²) in [6.45, 7) is 0.730. The summed E-state index contributed by atoms with van der Waals surface area (Å²) in [5.41, 5.74) is 7.36. The van der Waals surface area contributed by atoms with Gasteiger partial charge in [-0.2, -0.15) is 0 Å². The Kier molecular flexibility index (Phi) is 4.61. The molecule has 3 N–H and O–H groups in total. The number of nitrogens with one attached hydrogen (secondary N) is 1. The standard InChI is InChI=1S/C12H10BrClN2S2/c13-11-4-2-8(18-11)6-16-10-3-1-7(14)5-9(10)12(15)17/h1-5,16H,6H2,(H2,15,17). The summed E-state index contributed by atoms with van der Waals surface area (Å²) in [6, 6.07) is 9.57. The van der Waals surface area contributed by atoms with Crippen molar-refractivity contribution in [2.75, 3.05) is 5.32 Å². The number of halogens is 2. The Hall–Kier alpha value is -0.620. The van der Waals surface area contributed by atoms with Gasteiger partial charge in [-0.05, 0) is 46.3 Å². The van der Waals surface area contributed by atoms with Gasteiger partial charge in [0.2, 0.25) is 0 Å². The van der Waals surface area contributed by atoms with Crippen LogP contribution in [-0.2, 0) is 6.54 Å². The van der Waals surface area contributed by atoms with E-state index in [-0.39, 0.29) is 0 Å². The first-order valence-corrected chi connectivity index (χ1v) is 7.53. The van der Waals surface area contributed by atoms with Crippen LogP contribution in [0, 0.1) is 0 Å². The summed E-state index contributed by atoms with van der Waals surface area (Å²) in [5, 5.41) is 3.94. The van der Waals surface area contributed by atoms with Crippen molar-refractivity contribution in [3.05, 3.63) is 49.6 Å². The largest absolute Gasteiger partial charge is 0.389 e. The number of benzene rings is 1. The molecule has 6 heteroatoms. The molecule has 1 heterocycles. The third-order valence-electron chi connectivity index (χ3n) is 2.33. The van der Waals surface area contributed by atoms with Gasteiger partial charge in [0.05, 0.1) is 3.79 Å². The van der Waals surface area contributed by atoms with E-state index >= 15 is 0 Å². The van der Waals surface area contributed by atoms with Crippen molar-refractivity contribution in [3.63, 3.8) is 0 Å². The normalized spacial score (nSPS) is 10.3. The summed E-state index contributed by atoms with van der Waals surface area (Å²) < 4.78 is 1.12. The Morgan fingerprint density at radius 2 is 2.17 bits per heavy atom. The number of thiocarbonyl (C=S) groups is 1. The second kappa shape index (κ2) is 6.02. The van der Waals surface area contributed by atoms with E-state index in [9.17, 15) is 0 Å². The van der Waals surface area contributed by atoms with Crippen LogP contribution in [-0.4, -0.2) is 4.99 Å². The second-order valence-electron chi connectivity index (χ2n) is 3.61. The number of hydrogen-bond donors (Lipinski definition) is 2. The molecule has 0 aliphatic heterocycles. The van der Waals surface area contributed by atoms with Gasteiger partial charge in [0.15, 0.2) is 0 Å². The van der Waals surface area contributed by atoms with Gasteiger partial charge in [-0.25, -0.2) is 0 Å². The van der Waals surface area contributed by atoms with Crippen LogP contribution in [0.25, 0.3) is 0 Å². The smallest absolute Gasteiger partial charge is 0.106 e. The van der Waals surface area contributed by atoms with Crippen molar-refractivity contribution in [2.45, 2.75) is 6.54 Å². The number of nitrogens with two attached hydrogens (primary N) is 1. The van der Waals surface area contributed by atoms with Gasteiger partial charge < -0.3 is 11.1 Å². The minimum absolute atomic E-state index is 0.340. The van der Waals surface area contributed by atoms with Gasteiger partial charge >= 0.3 is 0 Å². The Balaban J connectivity index is 2.16. The van der Waals surface area contributed by atoms with Crippen molar-refractivity contribution < 1.29 is 0 Å². The highest BCUT2D eigenvalue weighted by Crippen LogP contribution is 2.25. The monoisotopic (exact) mass is 360 g/mol. The van der Waals surface area contributed by atoms with Crippen LogP contribution in [0.5, 0.6) is 0 Å². The second-order valence-corrected chi connectivity index (χ2v) is 7.04. The number of hydrogen-bond acceptors (Lipinski definition) is 3. The quantitative estimate of drug-likeness (QED) is 0.792. The van der Waals surface area contributed by atoms with Crippen molar-refractivity contribution in [1.82, 2.24) is 0 Å². The van der Waals surface area contributed by atoms with E-state index in [1.165, 1.54) is 4.88 Å². The molecule has 94 valence electrons. The highest BCUT2D eigenvalue weighted by Gasteiger charge is 2.06. The molecular weight excluding hydrogens is 352 g/mol. The molecule has 0 spiro atoms. The average molecular weight is 362 g/mol. The molecule has 0 atom stereocenters. The fourth-order valence-corrected chi connectivity index (χ4v) is 3.27. The van der Waals surface area contributed by atoms with Crippen molar-refractivity contribution >= 4 is 61.8 Å². The van der Waals surface area contributed by atoms with E-state index in [2.05, 4.69) is 27.3 Å². The van der Waals surface area contributed by atoms with Crippen LogP contribution >= 0.6 is 51.1 Å². The Bertz CT molecular complexity index is 583. The van der Waals surface area contributed by atoms with E-state index in [0.717, 1.165) is 21.6 Å². The van der Waals surface area contributed by atoms with Gasteiger partial charge in [0, 0.05) is 27.7 Å². The third-order valence-corrected chi connectivity index (χ3v) is 4.41. The van der Waals surface area contributed by atoms with Crippen LogP contribution in [0.15, 0.2) is 34.1 Å². The third kappa shape index (κ3) is 3.45. The number of thiophene rings is 1. The molecule has 2 nitrogen and oxygen atoms in total. The highest BCUT2D eigenvalue weighted by atomic mass is 79.9. The maximum absolute atomic E-state index is 5.93. The lowest BCUT2D eigenvalue weighted by Gasteiger charge is -2.10. The summed E-state index contributed by atoms with van der Waals surface area (Å²) in [5.74, 6) is 0. The lowest BCUT2D eigenvalue weighted by Crippen LogP contribution is -2.13. The van der Waals surface area contributed by atoms with E-state index in [1.807, 2.05) is 18.2 Å². The first-order valence-electron chi connectivity index (χ1n) is 5.13. The Morgan fingerprint density at radius 1 is 1.39 bits per heavy atom. The average Bonchev–Trinajstić information content (AvgIpc) is 2.73. The van der Waals surface area contributed by atoms with Crippen LogP contribution in [0.2, 0.25) is 5.02 Å². The summed E-state index contributed by atoms with van der Waals surface area (Å²) in [7, 11) is 0. The summed E-state index contributed by atoms with van der Waals surface area (Å²) >= 11 is 16.1. The lowest BCUT2D eigenvalue weighted by molar-refractivity contribution is 1.19. The predicted molar refractivity (Wildman–Crippen MR) is 86.7 cm³/mol. The van der Waals surface area contributed by atoms with Gasteiger partial charge in [-0.15, -0.1) is 11.3 Å². The molecule has 18 heavy (non-hydrogen) atoms. The Morgan fingerprint density at radius 3 is 2.78 bits per heavy atom. The maximum atomic E-state index is 5.93. The van der Waals surface area contributed by atoms with Crippen LogP contribution < -0.4 is 11.1 Å². The van der Waals surface area contributed by atoms with Crippen LogP contribution in [0.3, 0.4) is 0 Å². The molecule has 0 bridgehead atoms. The zero-order valence-electron chi connectivity index (χ0n) is 9.24. The van der Waals surface area contributed by atoms with Crippen molar-refractivity contribution in [3.8, 4) is 0 Å². The van der Waals surface area contributed by atoms with E-state index < -0.39 is 0 Å². The molecule has 0 aliphatic rings. The van der Waals surface area contributed by atoms with Gasteiger partial charge in [0.1, 0.15) is 4.99 Å². The van der Waals surface area contributed by atoms with Crippen LogP contribution in [0.1, 0.15) is 10.4 Å². The number of rotatable bonds is 4. The molecule has 2 rings (SSSR count). The molecule has 0 saturated carbocycles. The highest BCUT2D eigenvalue weighted by molar-refractivity contribution is 9.11. The molecule has 2 aromatic rings. The van der Waals surface area contributed by atoms with E-state index in [0.29, 0.717) is 10.0 Å². The molecule has 1 aromatic carbocycles. The first kappa shape index (κ1) is 13.8. The molecule has 0 unspecified atom stereocenters. The first-order chi connectivity index (χ1) is 8.56. The molecule has 0 radical (unpaired) electrons. The molecule has 0 saturated heterocycles. The fourth-order valence-electron chi connectivity index (χ4n) is 1.50. The van der Waals surface area contributed by atoms with Gasteiger partial charge in [0.25, 0.3) is 0 Å². The predicted octanol–water partition coefficient (Wildman–Crippen LogP) is 4.41. The lowest BCUT2D eigenvalue weighted by atomic mass is 10.1. The fraction of sp³-hybridized carbons (Fsp3) is 0.0833.